The van der Waals surface area contributed by atoms with E-state index in [2.05, 4.69) is 47.1 Å². The van der Waals surface area contributed by atoms with Gasteiger partial charge in [-0.15, -0.1) is 0 Å². The Labute approximate surface area is 178 Å². The SMILES string of the molecule is COc1cc(Nc2nc(Br)cn3ccnc23)ccc1N1CCN(CC(C)O)CC1. The number of nitrogens with one attached hydrogen (secondary N) is 1. The molecule has 1 aliphatic rings. The standard InChI is InChI=1S/C20H25BrN6O2/c1-14(28)12-25-7-9-26(10-8-25)16-4-3-15(11-17(16)29-2)23-19-20-22-5-6-27(20)13-18(21)24-19/h3-6,11,13-14,28H,7-10,12H2,1-2H3,(H,23,24). The molecule has 2 N–H and O–H groups in total. The van der Waals surface area contributed by atoms with Gasteiger partial charge >= 0.3 is 0 Å². The molecule has 1 unspecified atom stereocenters. The number of methoxy groups -OCH3 is 1. The molecule has 1 atom stereocenters. The highest BCUT2D eigenvalue weighted by atomic mass is 79.9. The molecular weight excluding hydrogens is 436 g/mol. The fourth-order valence-corrected chi connectivity index (χ4v) is 4.08. The highest BCUT2D eigenvalue weighted by Crippen LogP contribution is 2.33. The summed E-state index contributed by atoms with van der Waals surface area (Å²) in [4.78, 5) is 13.5. The molecule has 2 aromatic heterocycles. The molecule has 9 heteroatoms. The van der Waals surface area contributed by atoms with Crippen LogP contribution in [0.5, 0.6) is 5.75 Å². The van der Waals surface area contributed by atoms with Gasteiger partial charge in [0.25, 0.3) is 0 Å². The van der Waals surface area contributed by atoms with Crippen molar-refractivity contribution in [2.24, 2.45) is 0 Å². The Bertz CT molecular complexity index is 984. The van der Waals surface area contributed by atoms with Crippen LogP contribution in [0, 0.1) is 0 Å². The number of aliphatic hydroxyl groups is 1. The van der Waals surface area contributed by atoms with Crippen LogP contribution in [0.4, 0.5) is 17.2 Å². The first kappa shape index (κ1) is 19.9. The average molecular weight is 461 g/mol. The Kier molecular flexibility index (Phi) is 5.89. The van der Waals surface area contributed by atoms with Gasteiger partial charge in [0.05, 0.1) is 18.9 Å². The summed E-state index contributed by atoms with van der Waals surface area (Å²) in [5, 5.41) is 12.9. The number of β-amino-alcohol motifs (C(OH)–C–C–N with tert-alkyl or cyclic N) is 1. The van der Waals surface area contributed by atoms with Gasteiger partial charge in [0.1, 0.15) is 10.4 Å². The molecule has 8 nitrogen and oxygen atoms in total. The number of piperazine rings is 1. The zero-order valence-electron chi connectivity index (χ0n) is 16.5. The predicted octanol–water partition coefficient (Wildman–Crippen LogP) is 2.75. The molecule has 0 spiro atoms. The van der Waals surface area contributed by atoms with Gasteiger partial charge in [0.15, 0.2) is 11.5 Å². The van der Waals surface area contributed by atoms with Gasteiger partial charge in [0.2, 0.25) is 0 Å². The van der Waals surface area contributed by atoms with E-state index in [-0.39, 0.29) is 6.10 Å². The van der Waals surface area contributed by atoms with Gasteiger partial charge < -0.3 is 24.5 Å². The lowest BCUT2D eigenvalue weighted by atomic mass is 10.2. The van der Waals surface area contributed by atoms with Gasteiger partial charge in [-0.3, -0.25) is 4.90 Å². The van der Waals surface area contributed by atoms with Gasteiger partial charge in [-0.2, -0.15) is 0 Å². The topological polar surface area (TPSA) is 78.2 Å². The molecular formula is C20H25BrN6O2. The van der Waals surface area contributed by atoms with Crippen molar-refractivity contribution in [3.8, 4) is 5.75 Å². The third kappa shape index (κ3) is 4.47. The molecule has 4 rings (SSSR count). The van der Waals surface area contributed by atoms with Crippen LogP contribution in [0.25, 0.3) is 5.65 Å². The average Bonchev–Trinajstić information content (AvgIpc) is 3.17. The van der Waals surface area contributed by atoms with E-state index >= 15 is 0 Å². The van der Waals surface area contributed by atoms with E-state index in [0.29, 0.717) is 5.82 Å². The maximum atomic E-state index is 9.59. The fourth-order valence-electron chi connectivity index (χ4n) is 3.68. The lowest BCUT2D eigenvalue weighted by Crippen LogP contribution is -2.48. The highest BCUT2D eigenvalue weighted by molar-refractivity contribution is 9.10. The van der Waals surface area contributed by atoms with Crippen LogP contribution in [0.2, 0.25) is 0 Å². The Hall–Kier alpha value is -2.36. The zero-order chi connectivity index (χ0) is 20.4. The van der Waals surface area contributed by atoms with Gasteiger partial charge in [-0.25, -0.2) is 9.97 Å². The number of fused-ring (bicyclic) bond motifs is 1. The van der Waals surface area contributed by atoms with Crippen LogP contribution in [0.1, 0.15) is 6.92 Å². The number of nitrogens with zero attached hydrogens (tertiary/aromatic N) is 5. The Morgan fingerprint density at radius 3 is 2.79 bits per heavy atom. The van der Waals surface area contributed by atoms with Crippen molar-refractivity contribution in [2.45, 2.75) is 13.0 Å². The largest absolute Gasteiger partial charge is 0.495 e. The third-order valence-electron chi connectivity index (χ3n) is 5.02. The van der Waals surface area contributed by atoms with Crippen molar-refractivity contribution in [1.29, 1.82) is 0 Å². The Balaban J connectivity index is 1.52. The number of imidazole rings is 1. The smallest absolute Gasteiger partial charge is 0.180 e. The van der Waals surface area contributed by atoms with Gasteiger partial charge in [-0.05, 0) is 35.0 Å². The first-order chi connectivity index (χ1) is 14.0. The molecule has 1 aromatic carbocycles. The summed E-state index contributed by atoms with van der Waals surface area (Å²) < 4.78 is 8.32. The summed E-state index contributed by atoms with van der Waals surface area (Å²) in [5.41, 5.74) is 2.71. The van der Waals surface area contributed by atoms with Gasteiger partial charge in [0, 0.05) is 63.1 Å². The molecule has 0 bridgehead atoms. The maximum Gasteiger partial charge on any atom is 0.180 e. The molecule has 1 saturated heterocycles. The number of ether oxygens (including phenoxy) is 1. The number of aliphatic hydroxyl groups excluding tert-OH is 1. The number of halogens is 1. The number of hydrogen-bond donors (Lipinski definition) is 2. The summed E-state index contributed by atoms with van der Waals surface area (Å²) >= 11 is 3.44. The fraction of sp³-hybridized carbons (Fsp3) is 0.400. The van der Waals surface area contributed by atoms with Crippen molar-refractivity contribution in [2.75, 3.05) is 50.1 Å². The van der Waals surface area contributed by atoms with E-state index in [0.717, 1.165) is 60.1 Å². The molecule has 1 aliphatic heterocycles. The Morgan fingerprint density at radius 1 is 1.28 bits per heavy atom. The number of anilines is 3. The second-order valence-corrected chi connectivity index (χ2v) is 8.03. The van der Waals surface area contributed by atoms with Crippen LogP contribution in [0.3, 0.4) is 0 Å². The number of hydrogen-bond acceptors (Lipinski definition) is 7. The van der Waals surface area contributed by atoms with E-state index in [9.17, 15) is 5.11 Å². The van der Waals surface area contributed by atoms with Crippen LogP contribution in [-0.2, 0) is 0 Å². The molecule has 3 heterocycles. The van der Waals surface area contributed by atoms with E-state index in [1.807, 2.05) is 35.9 Å². The van der Waals surface area contributed by atoms with E-state index in [1.54, 1.807) is 13.3 Å². The minimum absolute atomic E-state index is 0.297. The molecule has 154 valence electrons. The number of rotatable bonds is 6. The lowest BCUT2D eigenvalue weighted by Gasteiger charge is -2.37. The van der Waals surface area contributed by atoms with E-state index < -0.39 is 0 Å². The second-order valence-electron chi connectivity index (χ2n) is 7.22. The minimum Gasteiger partial charge on any atom is -0.495 e. The summed E-state index contributed by atoms with van der Waals surface area (Å²) in [5.74, 6) is 1.49. The molecule has 0 saturated carbocycles. The first-order valence-electron chi connectivity index (χ1n) is 9.63. The van der Waals surface area contributed by atoms with Crippen molar-refractivity contribution < 1.29 is 9.84 Å². The Morgan fingerprint density at radius 2 is 2.07 bits per heavy atom. The minimum atomic E-state index is -0.297. The van der Waals surface area contributed by atoms with Crippen molar-refractivity contribution in [1.82, 2.24) is 19.3 Å². The molecule has 1 fully saturated rings. The summed E-state index contributed by atoms with van der Waals surface area (Å²) in [7, 11) is 1.69. The van der Waals surface area contributed by atoms with E-state index in [1.165, 1.54) is 0 Å². The monoisotopic (exact) mass is 460 g/mol. The normalized spacial score (nSPS) is 16.2. The maximum absolute atomic E-state index is 9.59. The van der Waals surface area contributed by atoms with Crippen molar-refractivity contribution in [3.05, 3.63) is 41.4 Å². The van der Waals surface area contributed by atoms with Crippen molar-refractivity contribution >= 4 is 38.8 Å². The van der Waals surface area contributed by atoms with Crippen LogP contribution >= 0.6 is 15.9 Å². The highest BCUT2D eigenvalue weighted by Gasteiger charge is 2.21. The molecule has 0 aliphatic carbocycles. The van der Waals surface area contributed by atoms with Gasteiger partial charge in [-0.1, -0.05) is 0 Å². The summed E-state index contributed by atoms with van der Waals surface area (Å²) in [6, 6.07) is 6.09. The molecule has 0 radical (unpaired) electrons. The number of aromatic nitrogens is 3. The second kappa shape index (κ2) is 8.56. The summed E-state index contributed by atoms with van der Waals surface area (Å²) in [6.45, 7) is 6.20. The summed E-state index contributed by atoms with van der Waals surface area (Å²) in [6.07, 6.45) is 5.20. The quantitative estimate of drug-likeness (QED) is 0.585. The third-order valence-corrected chi connectivity index (χ3v) is 5.40. The predicted molar refractivity (Wildman–Crippen MR) is 117 cm³/mol. The molecule has 0 amide bonds. The van der Waals surface area contributed by atoms with Crippen molar-refractivity contribution in [3.63, 3.8) is 0 Å². The van der Waals surface area contributed by atoms with E-state index in [4.69, 9.17) is 4.74 Å². The van der Waals surface area contributed by atoms with Crippen LogP contribution in [-0.4, -0.2) is 70.3 Å². The molecule has 29 heavy (non-hydrogen) atoms. The molecule has 3 aromatic rings. The number of benzene rings is 1. The van der Waals surface area contributed by atoms with Crippen LogP contribution in [0.15, 0.2) is 41.4 Å². The zero-order valence-corrected chi connectivity index (χ0v) is 18.1. The lowest BCUT2D eigenvalue weighted by molar-refractivity contribution is 0.122. The first-order valence-corrected chi connectivity index (χ1v) is 10.4. The van der Waals surface area contributed by atoms with Crippen LogP contribution < -0.4 is 15.0 Å².